The van der Waals surface area contributed by atoms with E-state index in [0.717, 1.165) is 27.5 Å². The number of aromatic nitrogens is 2. The van der Waals surface area contributed by atoms with E-state index in [4.69, 9.17) is 20.9 Å². The van der Waals surface area contributed by atoms with E-state index >= 15 is 0 Å². The fraction of sp³-hybridized carbons (Fsp3) is 0.0588. The molecule has 2 heteroatoms. The van der Waals surface area contributed by atoms with E-state index in [1.807, 2.05) is 54.6 Å². The molecule has 0 amide bonds. The first-order chi connectivity index (χ1) is 29.8. The number of hydrogen-bond donors (Lipinski definition) is 0. The minimum absolute atomic E-state index is 0.118. The lowest BCUT2D eigenvalue weighted by Crippen LogP contribution is -2.15. The molecule has 1 aliphatic rings. The van der Waals surface area contributed by atoms with Gasteiger partial charge in [0.1, 0.15) is 0 Å². The zero-order valence-corrected chi connectivity index (χ0v) is 29.0. The summed E-state index contributed by atoms with van der Waals surface area (Å²) in [6, 6.07) is 37.8. The number of rotatable bonds is 5. The van der Waals surface area contributed by atoms with Crippen molar-refractivity contribution in [2.45, 2.75) is 19.3 Å². The van der Waals surface area contributed by atoms with Crippen molar-refractivity contribution in [3.63, 3.8) is 0 Å². The highest BCUT2D eigenvalue weighted by Crippen LogP contribution is 2.51. The Balaban J connectivity index is 1.16. The normalized spacial score (nSPS) is 15.2. The summed E-state index contributed by atoms with van der Waals surface area (Å²) in [4.78, 5) is 9.91. The minimum Gasteiger partial charge on any atom is -0.228 e. The Morgan fingerprint density at radius 3 is 1.87 bits per heavy atom. The van der Waals surface area contributed by atoms with Gasteiger partial charge in [0.15, 0.2) is 5.82 Å². The van der Waals surface area contributed by atoms with Crippen LogP contribution in [-0.2, 0) is 5.41 Å². The number of nitrogens with zero attached hydrogens (tertiary/aromatic N) is 2. The van der Waals surface area contributed by atoms with Crippen LogP contribution in [0.5, 0.6) is 0 Å². The summed E-state index contributed by atoms with van der Waals surface area (Å²) in [5.41, 5.74) is 8.12. The standard InChI is InChI=1S/C51H36N2/c1-51(2)46-31-38(24-25-43(46)45-29-36-18-9-10-19-37(36)30-47(45)51)40-26-27-44(42-23-12-11-22-41(40)42)49-32-48(52-50(53-49)34-16-7-4-8-17-34)39-21-13-20-35(28-39)33-14-5-3-6-15-33/h3-32H,1-2H3/i3D,5D,6D,13D,14D,15D,20D,21D,28D. The van der Waals surface area contributed by atoms with Crippen LogP contribution in [0.1, 0.15) is 37.3 Å². The van der Waals surface area contributed by atoms with E-state index in [9.17, 15) is 1.37 Å². The maximum absolute atomic E-state index is 9.43. The maximum Gasteiger partial charge on any atom is 0.160 e. The fourth-order valence-electron chi connectivity index (χ4n) is 7.76. The summed E-state index contributed by atoms with van der Waals surface area (Å²) < 4.78 is 78.2. The summed E-state index contributed by atoms with van der Waals surface area (Å²) in [6.07, 6.45) is 0. The van der Waals surface area contributed by atoms with Gasteiger partial charge in [-0.3, -0.25) is 0 Å². The van der Waals surface area contributed by atoms with Crippen molar-refractivity contribution in [2.24, 2.45) is 0 Å². The second-order valence-corrected chi connectivity index (χ2v) is 13.9. The molecule has 9 aromatic rings. The van der Waals surface area contributed by atoms with Crippen LogP contribution in [0.15, 0.2) is 182 Å². The molecule has 0 bridgehead atoms. The molecule has 0 unspecified atom stereocenters. The van der Waals surface area contributed by atoms with Crippen LogP contribution in [0.4, 0.5) is 0 Å². The van der Waals surface area contributed by atoms with Gasteiger partial charge in [-0.25, -0.2) is 9.97 Å². The average molecular weight is 686 g/mol. The van der Waals surface area contributed by atoms with Crippen LogP contribution in [0, 0.1) is 0 Å². The molecule has 0 aliphatic heterocycles. The molecule has 0 spiro atoms. The second kappa shape index (κ2) is 12.3. The summed E-state index contributed by atoms with van der Waals surface area (Å²) in [5.74, 6) is 0.295. The van der Waals surface area contributed by atoms with Crippen LogP contribution in [0.2, 0.25) is 0 Å². The number of fused-ring (bicyclic) bond motifs is 5. The molecule has 2 nitrogen and oxygen atoms in total. The van der Waals surface area contributed by atoms with Crippen LogP contribution in [0.3, 0.4) is 0 Å². The van der Waals surface area contributed by atoms with E-state index in [2.05, 4.69) is 80.6 Å². The molecule has 1 aliphatic carbocycles. The van der Waals surface area contributed by atoms with E-state index in [1.54, 1.807) is 6.07 Å². The molecule has 0 atom stereocenters. The molecular formula is C51H36N2. The van der Waals surface area contributed by atoms with Crippen molar-refractivity contribution in [1.29, 1.82) is 0 Å². The molecule has 250 valence electrons. The molecule has 1 heterocycles. The first-order valence-corrected chi connectivity index (χ1v) is 17.6. The number of benzene rings is 8. The van der Waals surface area contributed by atoms with Gasteiger partial charge in [0.25, 0.3) is 0 Å². The van der Waals surface area contributed by atoms with Crippen molar-refractivity contribution < 1.29 is 12.3 Å². The zero-order valence-electron chi connectivity index (χ0n) is 38.0. The Labute approximate surface area is 322 Å². The maximum atomic E-state index is 9.43. The SMILES string of the molecule is [2H]c1c([2H])c([2H])c(-c2c([2H])c([2H])c([2H])c(-c3cc(-c4ccc(-c5ccc6c(c5)C(C)(C)c5cc7ccccc7cc5-6)c5ccccc45)nc(-c4ccccc4)n3)c2[2H])c([2H])c1[2H]. The van der Waals surface area contributed by atoms with Gasteiger partial charge in [-0.05, 0) is 96.4 Å². The molecule has 0 saturated carbocycles. The Kier molecular flexibility index (Phi) is 5.32. The monoisotopic (exact) mass is 685 g/mol. The van der Waals surface area contributed by atoms with Gasteiger partial charge in [-0.1, -0.05) is 165 Å². The van der Waals surface area contributed by atoms with Gasteiger partial charge in [0, 0.05) is 22.1 Å². The third-order valence-electron chi connectivity index (χ3n) is 10.4. The van der Waals surface area contributed by atoms with Gasteiger partial charge >= 0.3 is 0 Å². The van der Waals surface area contributed by atoms with Gasteiger partial charge in [0.05, 0.1) is 23.7 Å². The van der Waals surface area contributed by atoms with Crippen molar-refractivity contribution in [2.75, 3.05) is 0 Å². The third kappa shape index (κ3) is 5.26. The summed E-state index contributed by atoms with van der Waals surface area (Å²) >= 11 is 0. The first kappa shape index (κ1) is 23.0. The summed E-state index contributed by atoms with van der Waals surface area (Å²) in [7, 11) is 0. The van der Waals surface area contributed by atoms with Gasteiger partial charge < -0.3 is 0 Å². The Hall–Kier alpha value is -6.64. The highest BCUT2D eigenvalue weighted by atomic mass is 14.9. The molecule has 10 rings (SSSR count). The first-order valence-electron chi connectivity index (χ1n) is 22.1. The van der Waals surface area contributed by atoms with Crippen molar-refractivity contribution in [3.05, 3.63) is 193 Å². The lowest BCUT2D eigenvalue weighted by atomic mass is 9.81. The van der Waals surface area contributed by atoms with Crippen molar-refractivity contribution >= 4 is 21.5 Å². The molecule has 53 heavy (non-hydrogen) atoms. The van der Waals surface area contributed by atoms with Crippen LogP contribution >= 0.6 is 0 Å². The molecule has 8 aromatic carbocycles. The third-order valence-corrected chi connectivity index (χ3v) is 10.4. The molecule has 0 saturated heterocycles. The van der Waals surface area contributed by atoms with Crippen LogP contribution < -0.4 is 0 Å². The minimum atomic E-state index is -0.629. The largest absolute Gasteiger partial charge is 0.228 e. The number of hydrogen-bond acceptors (Lipinski definition) is 2. The molecule has 0 radical (unpaired) electrons. The predicted molar refractivity (Wildman–Crippen MR) is 222 cm³/mol. The topological polar surface area (TPSA) is 25.8 Å². The quantitative estimate of drug-likeness (QED) is 0.180. The van der Waals surface area contributed by atoms with E-state index in [-0.39, 0.29) is 27.8 Å². The molecule has 1 aromatic heterocycles. The smallest absolute Gasteiger partial charge is 0.160 e. The highest BCUT2D eigenvalue weighted by Gasteiger charge is 2.36. The second-order valence-electron chi connectivity index (χ2n) is 13.9. The van der Waals surface area contributed by atoms with E-state index < -0.39 is 54.4 Å². The fourth-order valence-corrected chi connectivity index (χ4v) is 7.76. The lowest BCUT2D eigenvalue weighted by molar-refractivity contribution is 0.661. The van der Waals surface area contributed by atoms with Crippen LogP contribution in [0.25, 0.3) is 88.8 Å². The molecule has 0 fully saturated rings. The Bertz CT molecular complexity index is 3350. The Morgan fingerprint density at radius 1 is 0.434 bits per heavy atom. The average Bonchev–Trinajstić information content (AvgIpc) is 3.51. The van der Waals surface area contributed by atoms with Gasteiger partial charge in [-0.2, -0.15) is 0 Å². The zero-order chi connectivity index (χ0) is 43.4. The lowest BCUT2D eigenvalue weighted by Gasteiger charge is -2.22. The molecule has 0 N–H and O–H groups in total. The predicted octanol–water partition coefficient (Wildman–Crippen LogP) is 13.4. The molecular weight excluding hydrogens is 641 g/mol. The summed E-state index contributed by atoms with van der Waals surface area (Å²) in [5, 5.41) is 4.33. The Morgan fingerprint density at radius 2 is 1.06 bits per heavy atom. The van der Waals surface area contributed by atoms with Crippen LogP contribution in [-0.4, -0.2) is 9.97 Å². The van der Waals surface area contributed by atoms with E-state index in [1.165, 1.54) is 33.0 Å². The summed E-state index contributed by atoms with van der Waals surface area (Å²) in [6.45, 7) is 4.57. The van der Waals surface area contributed by atoms with Gasteiger partial charge in [-0.15, -0.1) is 0 Å². The highest BCUT2D eigenvalue weighted by molar-refractivity contribution is 6.05. The van der Waals surface area contributed by atoms with Gasteiger partial charge in [0.2, 0.25) is 0 Å². The van der Waals surface area contributed by atoms with E-state index in [0.29, 0.717) is 17.1 Å². The van der Waals surface area contributed by atoms with Crippen molar-refractivity contribution in [1.82, 2.24) is 9.97 Å². The van der Waals surface area contributed by atoms with Crippen molar-refractivity contribution in [3.8, 4) is 67.3 Å².